The van der Waals surface area contributed by atoms with Crippen LogP contribution in [0, 0.1) is 5.92 Å². The van der Waals surface area contributed by atoms with Crippen molar-refractivity contribution < 1.29 is 14.7 Å². The molecule has 0 aliphatic heterocycles. The van der Waals surface area contributed by atoms with Crippen molar-refractivity contribution in [3.05, 3.63) is 89.2 Å². The number of hydrogen-bond donors (Lipinski definition) is 2. The van der Waals surface area contributed by atoms with Gasteiger partial charge in [0.1, 0.15) is 0 Å². The number of nitrogens with zero attached hydrogens (tertiary/aromatic N) is 2. The van der Waals surface area contributed by atoms with Gasteiger partial charge in [-0.2, -0.15) is 5.10 Å². The summed E-state index contributed by atoms with van der Waals surface area (Å²) in [5.74, 6) is -1.91. The number of nitrogens with one attached hydrogen (secondary N) is 1. The molecule has 1 atom stereocenters. The Kier molecular flexibility index (Phi) is 6.79. The second-order valence-electron chi connectivity index (χ2n) is 6.94. The lowest BCUT2D eigenvalue weighted by molar-refractivity contribution is -0.141. The lowest BCUT2D eigenvalue weighted by Gasteiger charge is -2.14. The van der Waals surface area contributed by atoms with Gasteiger partial charge in [-0.05, 0) is 24.0 Å². The van der Waals surface area contributed by atoms with E-state index in [4.69, 9.17) is 0 Å². The lowest BCUT2D eigenvalue weighted by Crippen LogP contribution is -2.34. The summed E-state index contributed by atoms with van der Waals surface area (Å²) >= 11 is 0. The number of carbonyl (C=O) groups excluding carboxylic acids is 1. The normalized spacial score (nSPS) is 11.8. The average molecular weight is 391 g/mol. The van der Waals surface area contributed by atoms with E-state index in [1.807, 2.05) is 72.3 Å². The van der Waals surface area contributed by atoms with E-state index in [0.29, 0.717) is 24.9 Å². The molecule has 0 radical (unpaired) electrons. The fourth-order valence-electron chi connectivity index (χ4n) is 3.32. The Bertz CT molecular complexity index is 952. The summed E-state index contributed by atoms with van der Waals surface area (Å²) in [7, 11) is 0. The topological polar surface area (TPSA) is 84.2 Å². The maximum absolute atomic E-state index is 12.7. The minimum Gasteiger partial charge on any atom is -0.481 e. The molecule has 29 heavy (non-hydrogen) atoms. The maximum atomic E-state index is 12.7. The van der Waals surface area contributed by atoms with Gasteiger partial charge in [0.15, 0.2) is 0 Å². The van der Waals surface area contributed by atoms with E-state index in [-0.39, 0.29) is 12.5 Å². The highest BCUT2D eigenvalue weighted by Gasteiger charge is 2.21. The van der Waals surface area contributed by atoms with Crippen LogP contribution in [0.25, 0.3) is 0 Å². The number of hydrogen-bond acceptors (Lipinski definition) is 3. The minimum absolute atomic E-state index is 0.0656. The Morgan fingerprint density at radius 2 is 1.66 bits per heavy atom. The predicted octanol–water partition coefficient (Wildman–Crippen LogP) is 3.17. The number of carbonyl (C=O) groups is 2. The number of aromatic nitrogens is 2. The summed E-state index contributed by atoms with van der Waals surface area (Å²) in [4.78, 5) is 24.3. The van der Waals surface area contributed by atoms with E-state index in [9.17, 15) is 14.7 Å². The fraction of sp³-hybridized carbons (Fsp3) is 0.261. The molecular formula is C23H25N3O3. The van der Waals surface area contributed by atoms with Gasteiger partial charge >= 0.3 is 5.97 Å². The van der Waals surface area contributed by atoms with Crippen LogP contribution >= 0.6 is 0 Å². The van der Waals surface area contributed by atoms with E-state index in [2.05, 4.69) is 10.4 Å². The van der Waals surface area contributed by atoms with Crippen LogP contribution in [0.2, 0.25) is 0 Å². The van der Waals surface area contributed by atoms with Crippen LogP contribution in [0.15, 0.2) is 66.9 Å². The maximum Gasteiger partial charge on any atom is 0.308 e. The second kappa shape index (κ2) is 9.68. The van der Waals surface area contributed by atoms with Crippen LogP contribution < -0.4 is 5.32 Å². The van der Waals surface area contributed by atoms with Crippen LogP contribution in [0.5, 0.6) is 0 Å². The van der Waals surface area contributed by atoms with Crippen molar-refractivity contribution in [2.24, 2.45) is 5.92 Å². The molecule has 0 fully saturated rings. The third-order valence-electron chi connectivity index (χ3n) is 4.89. The van der Waals surface area contributed by atoms with Crippen LogP contribution in [-0.4, -0.2) is 33.3 Å². The van der Waals surface area contributed by atoms with Crippen molar-refractivity contribution in [2.75, 3.05) is 6.54 Å². The molecule has 1 amide bonds. The molecule has 0 bridgehead atoms. The molecule has 0 spiro atoms. The molecule has 6 heteroatoms. The van der Waals surface area contributed by atoms with Gasteiger partial charge in [-0.25, -0.2) is 0 Å². The molecule has 0 aliphatic rings. The first-order valence-corrected chi connectivity index (χ1v) is 9.72. The number of aliphatic carboxylic acids is 1. The molecule has 2 N–H and O–H groups in total. The molecule has 2 aromatic carbocycles. The SMILES string of the molecule is CCc1c(C(=O)NCC(Cc2ccccc2)C(=O)O)cnn1Cc1ccccc1. The van der Waals surface area contributed by atoms with Gasteiger partial charge in [0.2, 0.25) is 0 Å². The Morgan fingerprint density at radius 1 is 1.03 bits per heavy atom. The van der Waals surface area contributed by atoms with Crippen molar-refractivity contribution in [2.45, 2.75) is 26.3 Å². The number of carboxylic acid groups (broad SMARTS) is 1. The quantitative estimate of drug-likeness (QED) is 0.587. The van der Waals surface area contributed by atoms with Crippen LogP contribution in [-0.2, 0) is 24.2 Å². The monoisotopic (exact) mass is 391 g/mol. The molecule has 150 valence electrons. The van der Waals surface area contributed by atoms with Crippen LogP contribution in [0.3, 0.4) is 0 Å². The summed E-state index contributed by atoms with van der Waals surface area (Å²) in [6, 6.07) is 19.3. The van der Waals surface area contributed by atoms with Crippen molar-refractivity contribution in [3.63, 3.8) is 0 Å². The van der Waals surface area contributed by atoms with E-state index in [1.165, 1.54) is 0 Å². The zero-order chi connectivity index (χ0) is 20.6. The Morgan fingerprint density at radius 3 is 2.24 bits per heavy atom. The van der Waals surface area contributed by atoms with Crippen molar-refractivity contribution in [1.82, 2.24) is 15.1 Å². The van der Waals surface area contributed by atoms with Gasteiger partial charge in [0, 0.05) is 6.54 Å². The zero-order valence-corrected chi connectivity index (χ0v) is 16.4. The highest BCUT2D eigenvalue weighted by atomic mass is 16.4. The highest BCUT2D eigenvalue weighted by Crippen LogP contribution is 2.13. The van der Waals surface area contributed by atoms with Gasteiger partial charge in [-0.15, -0.1) is 0 Å². The van der Waals surface area contributed by atoms with Crippen LogP contribution in [0.1, 0.15) is 34.1 Å². The largest absolute Gasteiger partial charge is 0.481 e. The number of rotatable bonds is 9. The molecule has 0 saturated carbocycles. The zero-order valence-electron chi connectivity index (χ0n) is 16.4. The van der Waals surface area contributed by atoms with Crippen molar-refractivity contribution in [1.29, 1.82) is 0 Å². The molecular weight excluding hydrogens is 366 g/mol. The summed E-state index contributed by atoms with van der Waals surface area (Å²) < 4.78 is 1.82. The first-order chi connectivity index (χ1) is 14.1. The summed E-state index contributed by atoms with van der Waals surface area (Å²) in [5, 5.41) is 16.7. The average Bonchev–Trinajstić information content (AvgIpc) is 3.14. The first-order valence-electron chi connectivity index (χ1n) is 9.72. The minimum atomic E-state index is -0.926. The van der Waals surface area contributed by atoms with Gasteiger partial charge in [-0.1, -0.05) is 67.6 Å². The van der Waals surface area contributed by atoms with Crippen molar-refractivity contribution >= 4 is 11.9 Å². The van der Waals surface area contributed by atoms with E-state index in [1.54, 1.807) is 6.20 Å². The molecule has 3 aromatic rings. The molecule has 0 saturated heterocycles. The Balaban J connectivity index is 1.67. The molecule has 1 unspecified atom stereocenters. The Labute approximate surface area is 170 Å². The smallest absolute Gasteiger partial charge is 0.308 e. The van der Waals surface area contributed by atoms with E-state index < -0.39 is 11.9 Å². The molecule has 6 nitrogen and oxygen atoms in total. The van der Waals surface area contributed by atoms with E-state index in [0.717, 1.165) is 16.8 Å². The third-order valence-corrected chi connectivity index (χ3v) is 4.89. The van der Waals surface area contributed by atoms with Gasteiger partial charge in [0.25, 0.3) is 5.91 Å². The summed E-state index contributed by atoms with van der Waals surface area (Å²) in [6.45, 7) is 2.63. The Hall–Kier alpha value is -3.41. The van der Waals surface area contributed by atoms with Gasteiger partial charge < -0.3 is 10.4 Å². The predicted molar refractivity (Wildman–Crippen MR) is 111 cm³/mol. The summed E-state index contributed by atoms with van der Waals surface area (Å²) in [5.41, 5.74) is 3.36. The molecule has 3 rings (SSSR count). The number of carboxylic acids is 1. The van der Waals surface area contributed by atoms with E-state index >= 15 is 0 Å². The molecule has 1 heterocycles. The fourth-order valence-corrected chi connectivity index (χ4v) is 3.32. The molecule has 1 aromatic heterocycles. The van der Waals surface area contributed by atoms with Gasteiger partial charge in [0.05, 0.1) is 29.9 Å². The van der Waals surface area contributed by atoms with Crippen LogP contribution in [0.4, 0.5) is 0 Å². The molecule has 0 aliphatic carbocycles. The first kappa shape index (κ1) is 20.3. The highest BCUT2D eigenvalue weighted by molar-refractivity contribution is 5.95. The number of benzene rings is 2. The summed E-state index contributed by atoms with van der Waals surface area (Å²) in [6.07, 6.45) is 2.58. The third kappa shape index (κ3) is 5.31. The van der Waals surface area contributed by atoms with Crippen molar-refractivity contribution in [3.8, 4) is 0 Å². The number of amides is 1. The standard InChI is InChI=1S/C23H25N3O3/c1-2-21-20(15-25-26(21)16-18-11-7-4-8-12-18)22(27)24-14-19(23(28)29)13-17-9-5-3-6-10-17/h3-12,15,19H,2,13-14,16H2,1H3,(H,24,27)(H,28,29). The lowest BCUT2D eigenvalue weighted by atomic mass is 9.99. The van der Waals surface area contributed by atoms with Gasteiger partial charge in [-0.3, -0.25) is 14.3 Å². The second-order valence-corrected chi connectivity index (χ2v) is 6.94.